The van der Waals surface area contributed by atoms with Crippen molar-refractivity contribution in [3.05, 3.63) is 198 Å². The molecule has 0 saturated heterocycles. The third-order valence-electron chi connectivity index (χ3n) is 17.5. The molecular weight excluding hydrogens is 870 g/mol. The van der Waals surface area contributed by atoms with Crippen LogP contribution in [0.15, 0.2) is 176 Å². The molecule has 4 aliphatic rings. The zero-order valence-corrected chi connectivity index (χ0v) is 44.5. The van der Waals surface area contributed by atoms with Gasteiger partial charge in [-0.1, -0.05) is 191 Å². The first-order valence-corrected chi connectivity index (χ1v) is 26.7. The molecule has 8 aromatic carbocycles. The fourth-order valence-electron chi connectivity index (χ4n) is 13.1. The predicted octanol–water partition coefficient (Wildman–Crippen LogP) is 16.7. The van der Waals surface area contributed by atoms with E-state index in [1.165, 1.54) is 126 Å². The maximum Gasteiger partial charge on any atom is 0.252 e. The molecule has 8 aromatic rings. The normalized spacial score (nSPS) is 19.1. The van der Waals surface area contributed by atoms with Gasteiger partial charge in [-0.25, -0.2) is 0 Å². The number of nitrogens with zero attached hydrogens (tertiary/aromatic N) is 3. The SMILES string of the molecule is CC(C)(C)c1ccc(N2c3cc(N4c5ccc(-c6ccccc6)cc5C5(C)CCCCC45C)ccc3B3c4ccccc4N(c4ccc(C(C)(C)C)cc4-c4ccccc4)c4cc(C(C)(C)C)cc2c43)cc1. The van der Waals surface area contributed by atoms with Gasteiger partial charge in [-0.05, 0) is 158 Å². The van der Waals surface area contributed by atoms with E-state index in [0.717, 1.165) is 6.42 Å². The van der Waals surface area contributed by atoms with E-state index < -0.39 is 0 Å². The van der Waals surface area contributed by atoms with Crippen LogP contribution in [-0.2, 0) is 21.7 Å². The summed E-state index contributed by atoms with van der Waals surface area (Å²) >= 11 is 0. The summed E-state index contributed by atoms with van der Waals surface area (Å²) in [6.45, 7) is 26.2. The van der Waals surface area contributed by atoms with Crippen molar-refractivity contribution in [1.82, 2.24) is 0 Å². The summed E-state index contributed by atoms with van der Waals surface area (Å²) in [6.07, 6.45) is 4.79. The Kier molecular flexibility index (Phi) is 10.5. The highest BCUT2D eigenvalue weighted by Crippen LogP contribution is 2.62. The van der Waals surface area contributed by atoms with E-state index >= 15 is 0 Å². The van der Waals surface area contributed by atoms with Crippen LogP contribution >= 0.6 is 0 Å². The summed E-state index contributed by atoms with van der Waals surface area (Å²) in [6, 6.07) is 68.0. The number of benzene rings is 8. The molecule has 3 aliphatic heterocycles. The van der Waals surface area contributed by atoms with Crippen molar-refractivity contribution in [3.63, 3.8) is 0 Å². The summed E-state index contributed by atoms with van der Waals surface area (Å²) in [5.74, 6) is 0. The number of fused-ring (bicyclic) bond motifs is 7. The van der Waals surface area contributed by atoms with Crippen LogP contribution in [0.2, 0.25) is 0 Å². The van der Waals surface area contributed by atoms with Crippen LogP contribution in [0, 0.1) is 0 Å². The highest BCUT2D eigenvalue weighted by Gasteiger charge is 2.58. The van der Waals surface area contributed by atoms with E-state index in [4.69, 9.17) is 0 Å². The third-order valence-corrected chi connectivity index (χ3v) is 17.5. The van der Waals surface area contributed by atoms with Crippen molar-refractivity contribution in [3.8, 4) is 22.3 Å². The third kappa shape index (κ3) is 7.14. The van der Waals surface area contributed by atoms with E-state index in [0.29, 0.717) is 0 Å². The van der Waals surface area contributed by atoms with Crippen molar-refractivity contribution in [2.75, 3.05) is 14.7 Å². The van der Waals surface area contributed by atoms with Crippen LogP contribution in [0.5, 0.6) is 0 Å². The molecule has 1 saturated carbocycles. The number of hydrogen-bond acceptors (Lipinski definition) is 3. The molecule has 3 heterocycles. The van der Waals surface area contributed by atoms with Gasteiger partial charge in [0.2, 0.25) is 0 Å². The van der Waals surface area contributed by atoms with Crippen LogP contribution in [0.3, 0.4) is 0 Å². The first kappa shape index (κ1) is 46.3. The van der Waals surface area contributed by atoms with Gasteiger partial charge in [-0.15, -0.1) is 0 Å². The van der Waals surface area contributed by atoms with Crippen molar-refractivity contribution < 1.29 is 0 Å². The Morgan fingerprint density at radius 2 is 0.972 bits per heavy atom. The molecule has 360 valence electrons. The topological polar surface area (TPSA) is 9.72 Å². The molecule has 72 heavy (non-hydrogen) atoms. The number of rotatable bonds is 5. The number of hydrogen-bond donors (Lipinski definition) is 0. The predicted molar refractivity (Wildman–Crippen MR) is 310 cm³/mol. The molecule has 1 aliphatic carbocycles. The van der Waals surface area contributed by atoms with E-state index in [1.807, 2.05) is 0 Å². The summed E-state index contributed by atoms with van der Waals surface area (Å²) < 4.78 is 0. The summed E-state index contributed by atoms with van der Waals surface area (Å²) in [4.78, 5) is 8.03. The quantitative estimate of drug-likeness (QED) is 0.159. The van der Waals surface area contributed by atoms with Gasteiger partial charge in [0.15, 0.2) is 0 Å². The van der Waals surface area contributed by atoms with Crippen molar-refractivity contribution in [2.24, 2.45) is 0 Å². The van der Waals surface area contributed by atoms with Crippen LogP contribution in [-0.4, -0.2) is 12.3 Å². The smallest absolute Gasteiger partial charge is 0.252 e. The summed E-state index contributed by atoms with van der Waals surface area (Å²) in [5, 5.41) is 0. The van der Waals surface area contributed by atoms with Crippen LogP contribution in [0.25, 0.3) is 22.3 Å². The lowest BCUT2D eigenvalue weighted by atomic mass is 9.33. The first-order valence-electron chi connectivity index (χ1n) is 26.7. The molecule has 0 radical (unpaired) electrons. The molecule has 12 rings (SSSR count). The van der Waals surface area contributed by atoms with Crippen LogP contribution in [0.1, 0.15) is 124 Å². The minimum absolute atomic E-state index is 0.00877. The molecule has 0 spiro atoms. The lowest BCUT2D eigenvalue weighted by Gasteiger charge is -2.50. The van der Waals surface area contributed by atoms with Crippen LogP contribution < -0.4 is 31.1 Å². The maximum atomic E-state index is 2.77. The molecule has 0 N–H and O–H groups in total. The van der Waals surface area contributed by atoms with Crippen LogP contribution in [0.4, 0.5) is 45.5 Å². The van der Waals surface area contributed by atoms with E-state index in [2.05, 4.69) is 267 Å². The Bertz CT molecular complexity index is 3410. The highest BCUT2D eigenvalue weighted by molar-refractivity contribution is 7.00. The van der Waals surface area contributed by atoms with E-state index in [-0.39, 0.29) is 33.9 Å². The van der Waals surface area contributed by atoms with Crippen molar-refractivity contribution in [2.45, 2.75) is 129 Å². The van der Waals surface area contributed by atoms with Gasteiger partial charge >= 0.3 is 0 Å². The zero-order chi connectivity index (χ0) is 50.1. The molecule has 2 atom stereocenters. The van der Waals surface area contributed by atoms with Gasteiger partial charge in [-0.3, -0.25) is 0 Å². The standard InChI is InChI=1S/C68H70BN3/c1-64(2,3)48-29-32-51(33-30-48)70-60-44-52(72-58-36-28-47(45-22-14-12-15-23-45)40-54(58)67(10)38-20-21-39-68(67,72)11)34-35-56(60)69-55-26-18-19-27-59(55)71(62-43-50(66(7,8)9)42-61(70)63(62)69)57-37-31-49(65(4,5)6)41-53(57)46-24-16-13-17-25-46/h12-19,22-37,40-44H,20-21,38-39H2,1-11H3. The average molecular weight is 940 g/mol. The second kappa shape index (κ2) is 16.4. The van der Waals surface area contributed by atoms with Gasteiger partial charge < -0.3 is 14.7 Å². The molecular formula is C68H70BN3. The summed E-state index contributed by atoms with van der Waals surface area (Å²) in [5.41, 5.74) is 24.3. The second-order valence-electron chi connectivity index (χ2n) is 25.0. The van der Waals surface area contributed by atoms with Crippen molar-refractivity contribution >= 4 is 68.6 Å². The zero-order valence-electron chi connectivity index (χ0n) is 44.5. The monoisotopic (exact) mass is 940 g/mol. The Morgan fingerprint density at radius 1 is 0.403 bits per heavy atom. The molecule has 0 bridgehead atoms. The Labute approximate surface area is 430 Å². The minimum Gasteiger partial charge on any atom is -0.334 e. The Balaban J connectivity index is 1.13. The largest absolute Gasteiger partial charge is 0.334 e. The molecule has 3 nitrogen and oxygen atoms in total. The van der Waals surface area contributed by atoms with Gasteiger partial charge in [0.05, 0.1) is 11.2 Å². The highest BCUT2D eigenvalue weighted by atomic mass is 15.3. The molecule has 1 fully saturated rings. The number of anilines is 8. The number of para-hydroxylation sites is 1. The molecule has 2 unspecified atom stereocenters. The van der Waals surface area contributed by atoms with E-state index in [1.54, 1.807) is 0 Å². The molecule has 4 heteroatoms. The lowest BCUT2D eigenvalue weighted by molar-refractivity contribution is 0.195. The lowest BCUT2D eigenvalue weighted by Crippen LogP contribution is -2.61. The molecule has 0 amide bonds. The molecule has 0 aromatic heterocycles. The van der Waals surface area contributed by atoms with Gasteiger partial charge in [0.25, 0.3) is 6.71 Å². The van der Waals surface area contributed by atoms with Gasteiger partial charge in [0.1, 0.15) is 0 Å². The van der Waals surface area contributed by atoms with Gasteiger partial charge in [-0.2, -0.15) is 0 Å². The average Bonchev–Trinajstić information content (AvgIpc) is 3.58. The summed E-state index contributed by atoms with van der Waals surface area (Å²) in [7, 11) is 0. The van der Waals surface area contributed by atoms with Gasteiger partial charge in [0, 0.05) is 50.8 Å². The minimum atomic E-state index is -0.135. The second-order valence-corrected chi connectivity index (χ2v) is 25.0. The fourth-order valence-corrected chi connectivity index (χ4v) is 13.1. The Hall–Kier alpha value is -6.78. The van der Waals surface area contributed by atoms with E-state index in [9.17, 15) is 0 Å². The Morgan fingerprint density at radius 3 is 1.65 bits per heavy atom. The fraction of sp³-hybridized carbons (Fsp3) is 0.294. The van der Waals surface area contributed by atoms with Crippen molar-refractivity contribution in [1.29, 1.82) is 0 Å². The first-order chi connectivity index (χ1) is 34.3. The maximum absolute atomic E-state index is 2.77.